The molecule has 2 aromatic rings. The Morgan fingerprint density at radius 3 is 2.83 bits per heavy atom. The van der Waals surface area contributed by atoms with Crippen LogP contribution in [0.15, 0.2) is 41.0 Å². The van der Waals surface area contributed by atoms with Gasteiger partial charge in [-0.05, 0) is 43.4 Å². The Morgan fingerprint density at radius 2 is 2.12 bits per heavy atom. The number of furan rings is 1. The molecule has 6 nitrogen and oxygen atoms in total. The Balaban J connectivity index is 1.76. The van der Waals surface area contributed by atoms with E-state index in [2.05, 4.69) is 16.2 Å². The first-order chi connectivity index (χ1) is 11.5. The third kappa shape index (κ3) is 5.59. The molecule has 0 radical (unpaired) electrons. The van der Waals surface area contributed by atoms with Crippen LogP contribution >= 0.6 is 35.4 Å². The first-order valence-corrected chi connectivity index (χ1v) is 8.10. The smallest absolute Gasteiger partial charge is 0.279 e. The minimum absolute atomic E-state index is 0.243. The van der Waals surface area contributed by atoms with Gasteiger partial charge in [0, 0.05) is 11.1 Å². The molecule has 0 saturated heterocycles. The number of nitrogens with one attached hydrogen (secondary N) is 3. The van der Waals surface area contributed by atoms with Gasteiger partial charge < -0.3 is 14.5 Å². The number of ether oxygens (including phenoxy) is 1. The first-order valence-electron chi connectivity index (χ1n) is 6.93. The molecular formula is C15H15Cl2N3O3S. The third-order valence-corrected chi connectivity index (χ3v) is 3.66. The summed E-state index contributed by atoms with van der Waals surface area (Å²) < 4.78 is 10.6. The standard InChI is InChI=1S/C15H15Cl2N3O3S/c1-9(23-13-7-10(16)4-5-12(13)17)14(21)19-20-15(24)18-8-11-3-2-6-22-11/h2-7,9H,8H2,1H3,(H,19,21)(H2,18,20,24). The number of carbonyl (C=O) groups excluding carboxylic acids is 1. The molecular weight excluding hydrogens is 373 g/mol. The monoisotopic (exact) mass is 387 g/mol. The molecule has 0 saturated carbocycles. The van der Waals surface area contributed by atoms with Crippen LogP contribution in [0.25, 0.3) is 0 Å². The molecule has 0 bridgehead atoms. The van der Waals surface area contributed by atoms with Crippen molar-refractivity contribution in [3.05, 3.63) is 52.4 Å². The van der Waals surface area contributed by atoms with Crippen LogP contribution in [0.4, 0.5) is 0 Å². The number of halogens is 2. The second-order valence-corrected chi connectivity index (χ2v) is 5.96. The quantitative estimate of drug-likeness (QED) is 0.540. The molecule has 9 heteroatoms. The third-order valence-electron chi connectivity index (χ3n) is 2.87. The molecule has 2 rings (SSSR count). The highest BCUT2D eigenvalue weighted by Gasteiger charge is 2.16. The van der Waals surface area contributed by atoms with Gasteiger partial charge in [-0.1, -0.05) is 23.2 Å². The fourth-order valence-corrected chi connectivity index (χ4v) is 2.10. The Morgan fingerprint density at radius 1 is 1.33 bits per heavy atom. The number of benzene rings is 1. The van der Waals surface area contributed by atoms with Gasteiger partial charge in [0.05, 0.1) is 17.8 Å². The van der Waals surface area contributed by atoms with Crippen molar-refractivity contribution in [3.8, 4) is 5.75 Å². The van der Waals surface area contributed by atoms with Crippen LogP contribution in [0.3, 0.4) is 0 Å². The number of amides is 1. The summed E-state index contributed by atoms with van der Waals surface area (Å²) in [5.74, 6) is 0.622. The molecule has 128 valence electrons. The van der Waals surface area contributed by atoms with E-state index in [-0.39, 0.29) is 5.11 Å². The maximum Gasteiger partial charge on any atom is 0.279 e. The van der Waals surface area contributed by atoms with Crippen molar-refractivity contribution in [2.45, 2.75) is 19.6 Å². The van der Waals surface area contributed by atoms with Gasteiger partial charge in [0.1, 0.15) is 11.5 Å². The summed E-state index contributed by atoms with van der Waals surface area (Å²) in [5, 5.41) is 3.95. The largest absolute Gasteiger partial charge is 0.479 e. The molecule has 0 aliphatic heterocycles. The first kappa shape index (κ1) is 18.4. The zero-order valence-electron chi connectivity index (χ0n) is 12.6. The molecule has 1 heterocycles. The summed E-state index contributed by atoms with van der Waals surface area (Å²) in [6.45, 7) is 1.98. The van der Waals surface area contributed by atoms with E-state index >= 15 is 0 Å². The zero-order chi connectivity index (χ0) is 17.5. The van der Waals surface area contributed by atoms with Crippen LogP contribution in [-0.4, -0.2) is 17.1 Å². The van der Waals surface area contributed by atoms with Gasteiger partial charge in [-0.3, -0.25) is 15.6 Å². The predicted molar refractivity (Wildman–Crippen MR) is 96.0 cm³/mol. The Bertz CT molecular complexity index is 710. The van der Waals surface area contributed by atoms with Crippen molar-refractivity contribution < 1.29 is 13.9 Å². The normalized spacial score (nSPS) is 11.5. The molecule has 24 heavy (non-hydrogen) atoms. The van der Waals surface area contributed by atoms with Gasteiger partial charge in [0.2, 0.25) is 0 Å². The lowest BCUT2D eigenvalue weighted by Crippen LogP contribution is -2.50. The molecule has 1 unspecified atom stereocenters. The Kier molecular flexibility index (Phi) is 6.72. The average molecular weight is 388 g/mol. The summed E-state index contributed by atoms with van der Waals surface area (Å²) in [7, 11) is 0. The summed E-state index contributed by atoms with van der Waals surface area (Å²) in [4.78, 5) is 12.0. The van der Waals surface area contributed by atoms with Crippen molar-refractivity contribution in [1.29, 1.82) is 0 Å². The fourth-order valence-electron chi connectivity index (χ4n) is 1.66. The van der Waals surface area contributed by atoms with Crippen molar-refractivity contribution in [2.24, 2.45) is 0 Å². The van der Waals surface area contributed by atoms with E-state index in [1.807, 2.05) is 0 Å². The number of thiocarbonyl (C=S) groups is 1. The highest BCUT2D eigenvalue weighted by molar-refractivity contribution is 7.80. The summed E-state index contributed by atoms with van der Waals surface area (Å²) >= 11 is 16.9. The van der Waals surface area contributed by atoms with Crippen molar-refractivity contribution >= 4 is 46.4 Å². The summed E-state index contributed by atoms with van der Waals surface area (Å²) in [5.41, 5.74) is 5.02. The van der Waals surface area contributed by atoms with Crippen LogP contribution in [0.2, 0.25) is 10.0 Å². The lowest BCUT2D eigenvalue weighted by atomic mass is 10.3. The van der Waals surface area contributed by atoms with E-state index in [0.717, 1.165) is 5.76 Å². The predicted octanol–water partition coefficient (Wildman–Crippen LogP) is 3.05. The molecule has 1 aromatic heterocycles. The van der Waals surface area contributed by atoms with Gasteiger partial charge in [0.25, 0.3) is 5.91 Å². The zero-order valence-corrected chi connectivity index (χ0v) is 15.0. The summed E-state index contributed by atoms with van der Waals surface area (Å²) in [6.07, 6.45) is 0.760. The number of rotatable bonds is 5. The van der Waals surface area contributed by atoms with Crippen LogP contribution in [-0.2, 0) is 11.3 Å². The van der Waals surface area contributed by atoms with Crippen molar-refractivity contribution in [3.63, 3.8) is 0 Å². The number of hydrogen-bond donors (Lipinski definition) is 3. The molecule has 0 spiro atoms. The number of carbonyl (C=O) groups is 1. The summed E-state index contributed by atoms with van der Waals surface area (Å²) in [6, 6.07) is 8.34. The minimum atomic E-state index is -0.804. The van der Waals surface area contributed by atoms with E-state index in [4.69, 9.17) is 44.6 Å². The lowest BCUT2D eigenvalue weighted by Gasteiger charge is -2.17. The molecule has 1 amide bonds. The lowest BCUT2D eigenvalue weighted by molar-refractivity contribution is -0.127. The van der Waals surface area contributed by atoms with Gasteiger partial charge in [-0.15, -0.1) is 0 Å². The maximum absolute atomic E-state index is 12.0. The molecule has 0 fully saturated rings. The van der Waals surface area contributed by atoms with Crippen LogP contribution in [0.1, 0.15) is 12.7 Å². The molecule has 0 aliphatic carbocycles. The maximum atomic E-state index is 12.0. The number of hydrogen-bond acceptors (Lipinski definition) is 4. The van der Waals surface area contributed by atoms with Crippen LogP contribution in [0, 0.1) is 0 Å². The van der Waals surface area contributed by atoms with E-state index in [9.17, 15) is 4.79 Å². The van der Waals surface area contributed by atoms with Gasteiger partial charge in [-0.2, -0.15) is 0 Å². The highest BCUT2D eigenvalue weighted by atomic mass is 35.5. The van der Waals surface area contributed by atoms with Crippen molar-refractivity contribution in [2.75, 3.05) is 0 Å². The molecule has 1 atom stereocenters. The van der Waals surface area contributed by atoms with Gasteiger partial charge >= 0.3 is 0 Å². The average Bonchev–Trinajstić information content (AvgIpc) is 3.07. The van der Waals surface area contributed by atoms with E-state index < -0.39 is 12.0 Å². The van der Waals surface area contributed by atoms with Crippen molar-refractivity contribution in [1.82, 2.24) is 16.2 Å². The molecule has 3 N–H and O–H groups in total. The fraction of sp³-hybridized carbons (Fsp3) is 0.200. The van der Waals surface area contributed by atoms with Gasteiger partial charge in [-0.25, -0.2) is 0 Å². The Labute approximate surface area is 154 Å². The SMILES string of the molecule is CC(Oc1cc(Cl)ccc1Cl)C(=O)NNC(=S)NCc1ccco1. The second-order valence-electron chi connectivity index (χ2n) is 4.71. The second kappa shape index (κ2) is 8.77. The number of hydrazine groups is 1. The van der Waals surface area contributed by atoms with Crippen LogP contribution in [0.5, 0.6) is 5.75 Å². The highest BCUT2D eigenvalue weighted by Crippen LogP contribution is 2.28. The molecule has 0 aliphatic rings. The van der Waals surface area contributed by atoms with Crippen LogP contribution < -0.4 is 20.9 Å². The van der Waals surface area contributed by atoms with Gasteiger partial charge in [0.15, 0.2) is 11.2 Å². The molecule has 1 aromatic carbocycles. The van der Waals surface area contributed by atoms with E-state index in [1.165, 1.54) is 6.07 Å². The topological polar surface area (TPSA) is 75.5 Å². The Hall–Kier alpha value is -1.96. The minimum Gasteiger partial charge on any atom is -0.479 e. The van der Waals surface area contributed by atoms with E-state index in [0.29, 0.717) is 22.3 Å². The van der Waals surface area contributed by atoms with E-state index in [1.54, 1.807) is 37.5 Å².